The molecule has 2 aromatic rings. The van der Waals surface area contributed by atoms with Crippen LogP contribution in [0.1, 0.15) is 0 Å². The predicted molar refractivity (Wildman–Crippen MR) is 60.3 cm³/mol. The van der Waals surface area contributed by atoms with Crippen LogP contribution >= 0.6 is 0 Å². The lowest BCUT2D eigenvalue weighted by atomic mass is 10.2. The molecule has 1 aromatic carbocycles. The minimum absolute atomic E-state index is 0.207. The van der Waals surface area contributed by atoms with Gasteiger partial charge in [-0.1, -0.05) is 6.07 Å². The minimum atomic E-state index is -0.575. The molecule has 0 spiro atoms. The molecule has 0 fully saturated rings. The van der Waals surface area contributed by atoms with Gasteiger partial charge in [0.05, 0.1) is 18.7 Å². The van der Waals surface area contributed by atoms with E-state index in [1.165, 1.54) is 0 Å². The van der Waals surface area contributed by atoms with Crippen molar-refractivity contribution in [1.82, 2.24) is 4.98 Å². The largest absolute Gasteiger partial charge is 0.486 e. The highest BCUT2D eigenvalue weighted by atomic mass is 16.5. The number of nitrogens with zero attached hydrogens (tertiary/aromatic N) is 1. The Morgan fingerprint density at radius 1 is 1.19 bits per heavy atom. The Labute approximate surface area is 93.1 Å². The van der Waals surface area contributed by atoms with E-state index in [-0.39, 0.29) is 13.2 Å². The first-order chi connectivity index (χ1) is 7.83. The van der Waals surface area contributed by atoms with Crippen molar-refractivity contribution in [2.75, 3.05) is 13.2 Å². The second kappa shape index (κ2) is 4.92. The quantitative estimate of drug-likeness (QED) is 0.804. The maximum atomic E-state index is 8.90. The average molecular weight is 219 g/mol. The summed E-state index contributed by atoms with van der Waals surface area (Å²) in [5, 5.41) is 18.8. The normalized spacial score (nSPS) is 10.9. The van der Waals surface area contributed by atoms with E-state index in [0.29, 0.717) is 5.75 Å². The molecule has 2 N–H and O–H groups in total. The molecule has 2 rings (SSSR count). The van der Waals surface area contributed by atoms with E-state index in [1.807, 2.05) is 24.3 Å². The summed E-state index contributed by atoms with van der Waals surface area (Å²) in [4.78, 5) is 4.19. The lowest BCUT2D eigenvalue weighted by Crippen LogP contribution is -2.25. The molecule has 0 aliphatic heterocycles. The monoisotopic (exact) mass is 219 g/mol. The number of rotatable bonds is 4. The van der Waals surface area contributed by atoms with Gasteiger partial charge in [-0.25, -0.2) is 0 Å². The van der Waals surface area contributed by atoms with Crippen LogP contribution in [0.4, 0.5) is 0 Å². The summed E-state index contributed by atoms with van der Waals surface area (Å²) in [7, 11) is 0. The SMILES string of the molecule is OCC(CO)Oc1ccc2ncccc2c1. The summed E-state index contributed by atoms with van der Waals surface area (Å²) >= 11 is 0. The van der Waals surface area contributed by atoms with Crippen molar-refractivity contribution in [3.8, 4) is 5.75 Å². The predicted octanol–water partition coefficient (Wildman–Crippen LogP) is 0.967. The second-order valence-corrected chi connectivity index (χ2v) is 3.46. The first-order valence-corrected chi connectivity index (χ1v) is 5.06. The number of hydrogen-bond acceptors (Lipinski definition) is 4. The van der Waals surface area contributed by atoms with Gasteiger partial charge in [0.25, 0.3) is 0 Å². The number of fused-ring (bicyclic) bond motifs is 1. The molecule has 0 amide bonds. The van der Waals surface area contributed by atoms with E-state index < -0.39 is 6.10 Å². The Morgan fingerprint density at radius 3 is 2.75 bits per heavy atom. The van der Waals surface area contributed by atoms with Crippen molar-refractivity contribution in [3.05, 3.63) is 36.5 Å². The van der Waals surface area contributed by atoms with Gasteiger partial charge in [0.2, 0.25) is 0 Å². The lowest BCUT2D eigenvalue weighted by Gasteiger charge is -2.14. The molecular weight excluding hydrogens is 206 g/mol. The Morgan fingerprint density at radius 2 is 2.00 bits per heavy atom. The van der Waals surface area contributed by atoms with Crippen LogP contribution in [0.5, 0.6) is 5.75 Å². The Bertz CT molecular complexity index is 469. The molecule has 1 aromatic heterocycles. The Hall–Kier alpha value is -1.65. The molecule has 0 unspecified atom stereocenters. The summed E-state index contributed by atoms with van der Waals surface area (Å²) in [5.41, 5.74) is 0.888. The smallest absolute Gasteiger partial charge is 0.145 e. The zero-order valence-electron chi connectivity index (χ0n) is 8.71. The Kier molecular flexibility index (Phi) is 3.34. The maximum Gasteiger partial charge on any atom is 0.145 e. The van der Waals surface area contributed by atoms with Gasteiger partial charge in [0.15, 0.2) is 0 Å². The van der Waals surface area contributed by atoms with Crippen LogP contribution in [0, 0.1) is 0 Å². The first kappa shape index (κ1) is 10.9. The number of benzene rings is 1. The molecule has 0 saturated heterocycles. The van der Waals surface area contributed by atoms with E-state index in [2.05, 4.69) is 4.98 Å². The number of aliphatic hydroxyl groups excluding tert-OH is 2. The topological polar surface area (TPSA) is 62.6 Å². The van der Waals surface area contributed by atoms with Crippen molar-refractivity contribution in [1.29, 1.82) is 0 Å². The summed E-state index contributed by atoms with van der Waals surface area (Å²) in [5.74, 6) is 0.619. The maximum absolute atomic E-state index is 8.90. The number of hydrogen-bond donors (Lipinski definition) is 2. The molecule has 16 heavy (non-hydrogen) atoms. The summed E-state index contributed by atoms with van der Waals surface area (Å²) < 4.78 is 5.39. The fraction of sp³-hybridized carbons (Fsp3) is 0.250. The summed E-state index contributed by atoms with van der Waals surface area (Å²) in [6.07, 6.45) is 1.15. The van der Waals surface area contributed by atoms with Crippen molar-refractivity contribution in [2.45, 2.75) is 6.10 Å². The third-order valence-electron chi connectivity index (χ3n) is 2.28. The van der Waals surface area contributed by atoms with Crippen LogP contribution in [-0.2, 0) is 0 Å². The average Bonchev–Trinajstić information content (AvgIpc) is 2.35. The van der Waals surface area contributed by atoms with Gasteiger partial charge >= 0.3 is 0 Å². The molecule has 1 heterocycles. The van der Waals surface area contributed by atoms with Gasteiger partial charge in [-0.2, -0.15) is 0 Å². The van der Waals surface area contributed by atoms with Crippen LogP contribution < -0.4 is 4.74 Å². The van der Waals surface area contributed by atoms with Crippen LogP contribution in [0.15, 0.2) is 36.5 Å². The molecule has 4 nitrogen and oxygen atoms in total. The van der Waals surface area contributed by atoms with E-state index in [9.17, 15) is 0 Å². The molecule has 0 saturated carbocycles. The van der Waals surface area contributed by atoms with E-state index in [0.717, 1.165) is 10.9 Å². The third kappa shape index (κ3) is 2.29. The molecule has 0 bridgehead atoms. The van der Waals surface area contributed by atoms with Crippen molar-refractivity contribution in [3.63, 3.8) is 0 Å². The first-order valence-electron chi connectivity index (χ1n) is 5.06. The lowest BCUT2D eigenvalue weighted by molar-refractivity contribution is 0.0630. The molecular formula is C12H13NO3. The fourth-order valence-electron chi connectivity index (χ4n) is 1.45. The third-order valence-corrected chi connectivity index (χ3v) is 2.28. The minimum Gasteiger partial charge on any atom is -0.486 e. The van der Waals surface area contributed by atoms with Crippen molar-refractivity contribution in [2.24, 2.45) is 0 Å². The number of pyridine rings is 1. The van der Waals surface area contributed by atoms with Gasteiger partial charge in [-0.15, -0.1) is 0 Å². The van der Waals surface area contributed by atoms with E-state index >= 15 is 0 Å². The van der Waals surface area contributed by atoms with Gasteiger partial charge in [-0.05, 0) is 24.3 Å². The molecule has 0 aliphatic rings. The molecule has 0 radical (unpaired) electrons. The standard InChI is InChI=1S/C12H13NO3/c14-7-11(8-15)16-10-3-4-12-9(6-10)2-1-5-13-12/h1-6,11,14-15H,7-8H2. The van der Waals surface area contributed by atoms with Gasteiger partial charge in [0.1, 0.15) is 11.9 Å². The highest BCUT2D eigenvalue weighted by Gasteiger charge is 2.07. The number of aliphatic hydroxyl groups is 2. The highest BCUT2D eigenvalue weighted by Crippen LogP contribution is 2.19. The second-order valence-electron chi connectivity index (χ2n) is 3.46. The summed E-state index contributed by atoms with van der Waals surface area (Å²) in [6.45, 7) is -0.414. The Balaban J connectivity index is 2.25. The molecule has 4 heteroatoms. The fourth-order valence-corrected chi connectivity index (χ4v) is 1.45. The van der Waals surface area contributed by atoms with Gasteiger partial charge in [-0.3, -0.25) is 4.98 Å². The zero-order chi connectivity index (χ0) is 11.4. The van der Waals surface area contributed by atoms with E-state index in [1.54, 1.807) is 12.3 Å². The molecule has 0 atom stereocenters. The van der Waals surface area contributed by atoms with E-state index in [4.69, 9.17) is 14.9 Å². The van der Waals surface area contributed by atoms with Gasteiger partial charge < -0.3 is 14.9 Å². The highest BCUT2D eigenvalue weighted by molar-refractivity contribution is 5.79. The summed E-state index contributed by atoms with van der Waals surface area (Å²) in [6, 6.07) is 9.23. The van der Waals surface area contributed by atoms with Crippen LogP contribution in [-0.4, -0.2) is 34.5 Å². The van der Waals surface area contributed by atoms with Crippen LogP contribution in [0.25, 0.3) is 10.9 Å². The molecule has 0 aliphatic carbocycles. The number of aromatic nitrogens is 1. The van der Waals surface area contributed by atoms with Crippen LogP contribution in [0.3, 0.4) is 0 Å². The number of ether oxygens (including phenoxy) is 1. The van der Waals surface area contributed by atoms with Crippen molar-refractivity contribution >= 4 is 10.9 Å². The van der Waals surface area contributed by atoms with Crippen LogP contribution in [0.2, 0.25) is 0 Å². The van der Waals surface area contributed by atoms with Gasteiger partial charge in [0, 0.05) is 11.6 Å². The zero-order valence-corrected chi connectivity index (χ0v) is 8.71. The molecule has 84 valence electrons. The van der Waals surface area contributed by atoms with Crippen molar-refractivity contribution < 1.29 is 14.9 Å².